The van der Waals surface area contributed by atoms with Crippen LogP contribution in [0.5, 0.6) is 11.5 Å². The molecule has 5 amide bonds. The molecule has 0 bridgehead atoms. The van der Waals surface area contributed by atoms with E-state index in [0.717, 1.165) is 41.7 Å². The van der Waals surface area contributed by atoms with Gasteiger partial charge in [0.15, 0.2) is 29.8 Å². The SMILES string of the molecule is COc1cc2c(cc1OCCCC(=O)Nc1cn(C)c(C(=O)Nc3ccc(-c4cc(C(=O)Nc5ccccc5)n(C)c4)cc3)n1)N(C(=O)O)C(OC1CCCCO1)[C@@H]1CCCCN1C2=O. The molecule has 2 unspecified atom stereocenters. The first-order valence-electron chi connectivity index (χ1n) is 21.7. The summed E-state index contributed by atoms with van der Waals surface area (Å²) < 4.78 is 27.2. The van der Waals surface area contributed by atoms with E-state index in [1.165, 1.54) is 30.0 Å². The van der Waals surface area contributed by atoms with Crippen molar-refractivity contribution in [1.82, 2.24) is 19.0 Å². The van der Waals surface area contributed by atoms with Crippen molar-refractivity contribution in [3.05, 3.63) is 102 Å². The summed E-state index contributed by atoms with van der Waals surface area (Å²) in [5, 5.41) is 19.1. The fourth-order valence-electron chi connectivity index (χ4n) is 8.45. The molecule has 0 spiro atoms. The second-order valence-electron chi connectivity index (χ2n) is 16.2. The normalized spacial score (nSPS) is 18.2. The molecule has 3 atom stereocenters. The standard InChI is InChI=1S/C47H52N8O10/c1-52-27-30(24-36(52)43(57)48-31-12-5-4-6-13-31)29-17-19-32(20-18-29)49-44(58)42-51-39(28-53(42)2)50-40(56)15-11-23-63-38-26-35-33(25-37(38)62-3)45(59)54-21-9-7-14-34(54)46(55(35)47(60)61)65-41-16-8-10-22-64-41/h4-6,12-13,17-20,24-28,34,41,46H,7-11,14-16,21-23H2,1-3H3,(H,48,57)(H,49,58)(H,50,56)(H,60,61)/t34-,41?,46?/m0/s1. The highest BCUT2D eigenvalue weighted by Crippen LogP contribution is 2.42. The number of fused-ring (bicyclic) bond motifs is 2. The monoisotopic (exact) mass is 888 g/mol. The first kappa shape index (κ1) is 44.4. The van der Waals surface area contributed by atoms with Gasteiger partial charge in [0.1, 0.15) is 5.69 Å². The minimum absolute atomic E-state index is 0.0337. The molecule has 4 N–H and O–H groups in total. The predicted molar refractivity (Wildman–Crippen MR) is 240 cm³/mol. The number of anilines is 4. The van der Waals surface area contributed by atoms with Gasteiger partial charge in [-0.2, -0.15) is 0 Å². The van der Waals surface area contributed by atoms with E-state index in [0.29, 0.717) is 43.1 Å². The van der Waals surface area contributed by atoms with Gasteiger partial charge in [-0.25, -0.2) is 14.7 Å². The molecule has 18 nitrogen and oxygen atoms in total. The Balaban J connectivity index is 0.867. The van der Waals surface area contributed by atoms with Gasteiger partial charge < -0.3 is 54.0 Å². The minimum Gasteiger partial charge on any atom is -0.493 e. The number of piperidine rings is 1. The van der Waals surface area contributed by atoms with E-state index in [4.69, 9.17) is 18.9 Å². The number of methoxy groups -OCH3 is 1. The molecule has 5 aromatic rings. The third kappa shape index (κ3) is 9.98. The second-order valence-corrected chi connectivity index (χ2v) is 16.2. The molecule has 0 radical (unpaired) electrons. The number of aryl methyl sites for hydroxylation is 2. The zero-order chi connectivity index (χ0) is 45.6. The first-order valence-corrected chi connectivity index (χ1v) is 21.7. The lowest BCUT2D eigenvalue weighted by molar-refractivity contribution is -0.198. The molecule has 3 aromatic carbocycles. The summed E-state index contributed by atoms with van der Waals surface area (Å²) in [5.41, 5.74) is 3.67. The molecule has 0 aliphatic carbocycles. The number of hydrogen-bond donors (Lipinski definition) is 4. The molecule has 65 heavy (non-hydrogen) atoms. The number of carbonyl (C=O) groups excluding carboxylic acids is 4. The van der Waals surface area contributed by atoms with Crippen LogP contribution in [0.25, 0.3) is 11.1 Å². The molecule has 3 aliphatic heterocycles. The van der Waals surface area contributed by atoms with Gasteiger partial charge in [-0.05, 0) is 86.9 Å². The van der Waals surface area contributed by atoms with E-state index >= 15 is 0 Å². The Morgan fingerprint density at radius 1 is 0.831 bits per heavy atom. The van der Waals surface area contributed by atoms with Gasteiger partial charge in [-0.15, -0.1) is 0 Å². The summed E-state index contributed by atoms with van der Waals surface area (Å²) in [6.07, 6.45) is 5.37. The van der Waals surface area contributed by atoms with Crippen molar-refractivity contribution in [3.8, 4) is 22.6 Å². The third-order valence-electron chi connectivity index (χ3n) is 11.7. The lowest BCUT2D eigenvalue weighted by Gasteiger charge is -2.42. The smallest absolute Gasteiger partial charge is 0.414 e. The van der Waals surface area contributed by atoms with E-state index < -0.39 is 30.6 Å². The lowest BCUT2D eigenvalue weighted by atomic mass is 10.00. The number of nitrogens with zero attached hydrogens (tertiary/aromatic N) is 5. The average molecular weight is 889 g/mol. The fourth-order valence-corrected chi connectivity index (χ4v) is 8.45. The number of benzene rings is 3. The number of ether oxygens (including phenoxy) is 4. The number of carbonyl (C=O) groups is 5. The Labute approximate surface area is 375 Å². The molecule has 0 saturated carbocycles. The van der Waals surface area contributed by atoms with Crippen LogP contribution < -0.4 is 30.3 Å². The highest BCUT2D eigenvalue weighted by Gasteiger charge is 2.46. The second kappa shape index (κ2) is 19.7. The Morgan fingerprint density at radius 3 is 2.32 bits per heavy atom. The maximum atomic E-state index is 14.0. The maximum absolute atomic E-state index is 14.0. The number of carboxylic acid groups (broad SMARTS) is 1. The molecule has 340 valence electrons. The van der Waals surface area contributed by atoms with Crippen molar-refractivity contribution < 1.29 is 48.0 Å². The van der Waals surface area contributed by atoms with Gasteiger partial charge in [0, 0.05) is 69.1 Å². The molecule has 18 heteroatoms. The van der Waals surface area contributed by atoms with Crippen LogP contribution >= 0.6 is 0 Å². The van der Waals surface area contributed by atoms with Crippen molar-refractivity contribution in [1.29, 1.82) is 0 Å². The Bertz CT molecular complexity index is 2550. The van der Waals surface area contributed by atoms with Crippen molar-refractivity contribution >= 4 is 52.6 Å². The van der Waals surface area contributed by atoms with E-state index in [2.05, 4.69) is 20.9 Å². The molecule has 2 saturated heterocycles. The van der Waals surface area contributed by atoms with E-state index in [1.807, 2.05) is 48.7 Å². The molecular formula is C47H52N8O10. The van der Waals surface area contributed by atoms with Crippen molar-refractivity contribution in [2.24, 2.45) is 14.1 Å². The van der Waals surface area contributed by atoms with Gasteiger partial charge in [-0.3, -0.25) is 19.2 Å². The quantitative estimate of drug-likeness (QED) is 0.0828. The molecular weight excluding hydrogens is 837 g/mol. The zero-order valence-corrected chi connectivity index (χ0v) is 36.5. The minimum atomic E-state index is -1.28. The lowest BCUT2D eigenvalue weighted by Crippen LogP contribution is -2.57. The van der Waals surface area contributed by atoms with Crippen molar-refractivity contribution in [2.45, 2.75) is 69.9 Å². The van der Waals surface area contributed by atoms with Crippen LogP contribution in [-0.2, 0) is 28.4 Å². The van der Waals surface area contributed by atoms with E-state index in [-0.39, 0.29) is 71.6 Å². The topological polar surface area (TPSA) is 208 Å². The third-order valence-corrected chi connectivity index (χ3v) is 11.7. The fraction of sp³-hybridized carbons (Fsp3) is 0.362. The number of imidazole rings is 1. The summed E-state index contributed by atoms with van der Waals surface area (Å²) in [6, 6.07) is 20.7. The van der Waals surface area contributed by atoms with E-state index in [9.17, 15) is 29.1 Å². The van der Waals surface area contributed by atoms with Crippen LogP contribution in [0.2, 0.25) is 0 Å². The average Bonchev–Trinajstić information content (AvgIpc) is 3.86. The van der Waals surface area contributed by atoms with Crippen molar-refractivity contribution in [2.75, 3.05) is 47.7 Å². The van der Waals surface area contributed by atoms with Gasteiger partial charge in [0.2, 0.25) is 11.7 Å². The Morgan fingerprint density at radius 2 is 1.58 bits per heavy atom. The molecule has 5 heterocycles. The van der Waals surface area contributed by atoms with Gasteiger partial charge in [0.05, 0.1) is 31.0 Å². The molecule has 2 aromatic heterocycles. The summed E-state index contributed by atoms with van der Waals surface area (Å²) in [5.74, 6) is -0.700. The Hall–Kier alpha value is -7.18. The number of hydrogen-bond acceptors (Lipinski definition) is 10. The maximum Gasteiger partial charge on any atom is 0.414 e. The summed E-state index contributed by atoms with van der Waals surface area (Å²) in [4.78, 5) is 73.4. The van der Waals surface area contributed by atoms with Crippen LogP contribution in [0.3, 0.4) is 0 Å². The first-order chi connectivity index (χ1) is 31.5. The number of amides is 5. The van der Waals surface area contributed by atoms with Crippen LogP contribution in [0.4, 0.5) is 27.7 Å². The number of rotatable bonds is 14. The summed E-state index contributed by atoms with van der Waals surface area (Å²) >= 11 is 0. The van der Waals surface area contributed by atoms with Crippen LogP contribution in [0.15, 0.2) is 85.2 Å². The van der Waals surface area contributed by atoms with Gasteiger partial charge >= 0.3 is 6.09 Å². The number of para-hydroxylation sites is 1. The van der Waals surface area contributed by atoms with Crippen LogP contribution in [0.1, 0.15) is 82.8 Å². The van der Waals surface area contributed by atoms with Crippen molar-refractivity contribution in [3.63, 3.8) is 0 Å². The van der Waals surface area contributed by atoms with E-state index in [1.54, 1.807) is 41.8 Å². The predicted octanol–water partition coefficient (Wildman–Crippen LogP) is 7.10. The highest BCUT2D eigenvalue weighted by atomic mass is 16.7. The number of aromatic nitrogens is 3. The van der Waals surface area contributed by atoms with Gasteiger partial charge in [0.25, 0.3) is 17.7 Å². The Kier molecular flexibility index (Phi) is 13.5. The highest BCUT2D eigenvalue weighted by molar-refractivity contribution is 6.06. The zero-order valence-electron chi connectivity index (χ0n) is 36.5. The molecule has 2 fully saturated rings. The van der Waals surface area contributed by atoms with Gasteiger partial charge in [-0.1, -0.05) is 30.3 Å². The summed E-state index contributed by atoms with van der Waals surface area (Å²) in [7, 11) is 4.88. The summed E-state index contributed by atoms with van der Waals surface area (Å²) in [6.45, 7) is 1.03. The number of nitrogens with one attached hydrogen (secondary N) is 3. The van der Waals surface area contributed by atoms with Crippen LogP contribution in [-0.4, -0.2) is 99.3 Å². The van der Waals surface area contributed by atoms with Crippen LogP contribution in [0, 0.1) is 0 Å². The largest absolute Gasteiger partial charge is 0.493 e. The molecule has 8 rings (SSSR count). The molecule has 3 aliphatic rings.